The smallest absolute Gasteiger partial charge is 0.248 e. The molecule has 0 fully saturated rings. The fraction of sp³-hybridized carbons (Fsp3) is 0.222. The van der Waals surface area contributed by atoms with Gasteiger partial charge in [0.15, 0.2) is 0 Å². The second kappa shape index (κ2) is 6.62. The number of aryl methyl sites for hydroxylation is 3. The zero-order valence-electron chi connectivity index (χ0n) is 13.9. The van der Waals surface area contributed by atoms with Crippen molar-refractivity contribution in [1.82, 2.24) is 20.2 Å². The third-order valence-corrected chi connectivity index (χ3v) is 3.55. The van der Waals surface area contributed by atoms with Crippen molar-refractivity contribution in [3.63, 3.8) is 0 Å². The van der Waals surface area contributed by atoms with Crippen LogP contribution in [0.15, 0.2) is 42.5 Å². The zero-order valence-corrected chi connectivity index (χ0v) is 13.9. The molecule has 6 nitrogen and oxygen atoms in total. The van der Waals surface area contributed by atoms with Crippen LogP contribution in [0, 0.1) is 20.8 Å². The lowest BCUT2D eigenvalue weighted by molar-refractivity contribution is -0.117. The van der Waals surface area contributed by atoms with Gasteiger partial charge in [0.2, 0.25) is 11.7 Å². The summed E-state index contributed by atoms with van der Waals surface area (Å²) in [6.45, 7) is 6.03. The number of carbonyl (C=O) groups is 1. The molecule has 0 saturated carbocycles. The summed E-state index contributed by atoms with van der Waals surface area (Å²) in [5.74, 6) is 0.321. The molecular weight excluding hydrogens is 302 g/mol. The number of hydrogen-bond acceptors (Lipinski definition) is 4. The molecule has 1 aromatic heterocycles. The van der Waals surface area contributed by atoms with Crippen LogP contribution < -0.4 is 5.32 Å². The number of aromatic nitrogens is 4. The molecule has 0 bridgehead atoms. The van der Waals surface area contributed by atoms with E-state index in [2.05, 4.69) is 26.8 Å². The Hall–Kier alpha value is -3.02. The first-order valence-electron chi connectivity index (χ1n) is 7.72. The highest BCUT2D eigenvalue weighted by Crippen LogP contribution is 2.15. The zero-order chi connectivity index (χ0) is 17.1. The van der Waals surface area contributed by atoms with Gasteiger partial charge in [-0.25, -0.2) is 0 Å². The second-order valence-corrected chi connectivity index (χ2v) is 5.93. The lowest BCUT2D eigenvalue weighted by atomic mass is 10.1. The van der Waals surface area contributed by atoms with E-state index in [0.717, 1.165) is 22.4 Å². The average Bonchev–Trinajstić information content (AvgIpc) is 2.95. The largest absolute Gasteiger partial charge is 0.324 e. The summed E-state index contributed by atoms with van der Waals surface area (Å²) in [6.07, 6.45) is 0. The van der Waals surface area contributed by atoms with Crippen LogP contribution in [-0.2, 0) is 11.3 Å². The number of tetrazole rings is 1. The fourth-order valence-corrected chi connectivity index (χ4v) is 2.50. The van der Waals surface area contributed by atoms with E-state index >= 15 is 0 Å². The van der Waals surface area contributed by atoms with Gasteiger partial charge in [-0.05, 0) is 49.2 Å². The predicted molar refractivity (Wildman–Crippen MR) is 92.5 cm³/mol. The first kappa shape index (κ1) is 15.9. The summed E-state index contributed by atoms with van der Waals surface area (Å²) >= 11 is 0. The van der Waals surface area contributed by atoms with Crippen molar-refractivity contribution in [2.45, 2.75) is 27.3 Å². The first-order valence-corrected chi connectivity index (χ1v) is 7.72. The standard InChI is InChI=1S/C18H19N5O/c1-12-4-6-15(7-5-12)18-20-22-23(21-18)11-17(24)19-16-9-13(2)8-14(3)10-16/h4-10H,11H2,1-3H3,(H,19,24). The van der Waals surface area contributed by atoms with Gasteiger partial charge in [-0.2, -0.15) is 4.80 Å². The molecule has 0 aliphatic heterocycles. The molecule has 0 aliphatic rings. The third-order valence-electron chi connectivity index (χ3n) is 3.55. The first-order chi connectivity index (χ1) is 11.5. The molecule has 3 aromatic rings. The molecule has 0 atom stereocenters. The van der Waals surface area contributed by atoms with Crippen LogP contribution in [0.25, 0.3) is 11.4 Å². The highest BCUT2D eigenvalue weighted by Gasteiger charge is 2.10. The summed E-state index contributed by atoms with van der Waals surface area (Å²) in [5.41, 5.74) is 5.02. The minimum absolute atomic E-state index is 0.0197. The van der Waals surface area contributed by atoms with Gasteiger partial charge < -0.3 is 5.32 Å². The van der Waals surface area contributed by atoms with Crippen LogP contribution in [0.3, 0.4) is 0 Å². The van der Waals surface area contributed by atoms with Crippen LogP contribution in [0.1, 0.15) is 16.7 Å². The number of anilines is 1. The highest BCUT2D eigenvalue weighted by atomic mass is 16.2. The minimum Gasteiger partial charge on any atom is -0.324 e. The van der Waals surface area contributed by atoms with Gasteiger partial charge in [0, 0.05) is 11.3 Å². The van der Waals surface area contributed by atoms with E-state index in [0.29, 0.717) is 5.82 Å². The van der Waals surface area contributed by atoms with Crippen molar-refractivity contribution in [2.24, 2.45) is 0 Å². The number of nitrogens with one attached hydrogen (secondary N) is 1. The highest BCUT2D eigenvalue weighted by molar-refractivity contribution is 5.90. The van der Waals surface area contributed by atoms with Gasteiger partial charge in [-0.3, -0.25) is 4.79 Å². The molecule has 0 saturated heterocycles. The molecule has 0 unspecified atom stereocenters. The maximum atomic E-state index is 12.2. The quantitative estimate of drug-likeness (QED) is 0.802. The molecule has 3 rings (SSSR count). The summed E-state index contributed by atoms with van der Waals surface area (Å²) < 4.78 is 0. The lowest BCUT2D eigenvalue weighted by Gasteiger charge is -2.06. The van der Waals surface area contributed by atoms with Crippen molar-refractivity contribution >= 4 is 11.6 Å². The number of rotatable bonds is 4. The fourth-order valence-electron chi connectivity index (χ4n) is 2.50. The van der Waals surface area contributed by atoms with Crippen molar-refractivity contribution < 1.29 is 4.79 Å². The Kier molecular flexibility index (Phi) is 4.37. The van der Waals surface area contributed by atoms with Crippen molar-refractivity contribution in [1.29, 1.82) is 0 Å². The summed E-state index contributed by atoms with van der Waals surface area (Å²) in [4.78, 5) is 13.5. The number of carbonyl (C=O) groups excluding carboxylic acids is 1. The van der Waals surface area contributed by atoms with E-state index in [-0.39, 0.29) is 12.5 Å². The summed E-state index contributed by atoms with van der Waals surface area (Å²) in [6, 6.07) is 13.8. The summed E-state index contributed by atoms with van der Waals surface area (Å²) in [7, 11) is 0. The maximum Gasteiger partial charge on any atom is 0.248 e. The van der Waals surface area contributed by atoms with Crippen LogP contribution in [0.5, 0.6) is 0 Å². The number of benzene rings is 2. The predicted octanol–water partition coefficient (Wildman–Crippen LogP) is 2.90. The van der Waals surface area contributed by atoms with Crippen molar-refractivity contribution in [2.75, 3.05) is 5.32 Å². The topological polar surface area (TPSA) is 72.7 Å². The molecule has 1 amide bonds. The Morgan fingerprint density at radius 3 is 2.33 bits per heavy atom. The van der Waals surface area contributed by atoms with Gasteiger partial charge >= 0.3 is 0 Å². The molecule has 0 spiro atoms. The van der Waals surface area contributed by atoms with E-state index in [9.17, 15) is 4.79 Å². The van der Waals surface area contributed by atoms with Crippen LogP contribution in [0.4, 0.5) is 5.69 Å². The van der Waals surface area contributed by atoms with Gasteiger partial charge in [0.25, 0.3) is 0 Å². The van der Waals surface area contributed by atoms with E-state index < -0.39 is 0 Å². The molecule has 1 heterocycles. The Balaban J connectivity index is 1.68. The van der Waals surface area contributed by atoms with Gasteiger partial charge in [0.05, 0.1) is 0 Å². The van der Waals surface area contributed by atoms with E-state index in [1.807, 2.05) is 57.2 Å². The number of nitrogens with zero attached hydrogens (tertiary/aromatic N) is 4. The Bertz CT molecular complexity index is 847. The van der Waals surface area contributed by atoms with E-state index in [4.69, 9.17) is 0 Å². The van der Waals surface area contributed by atoms with Gasteiger partial charge in [0.1, 0.15) is 6.54 Å². The molecule has 0 radical (unpaired) electrons. The normalized spacial score (nSPS) is 10.6. The van der Waals surface area contributed by atoms with Crippen molar-refractivity contribution in [3.05, 3.63) is 59.2 Å². The Morgan fingerprint density at radius 1 is 1.00 bits per heavy atom. The lowest BCUT2D eigenvalue weighted by Crippen LogP contribution is -2.20. The molecule has 0 aliphatic carbocycles. The summed E-state index contributed by atoms with van der Waals surface area (Å²) in [5, 5.41) is 15.1. The van der Waals surface area contributed by atoms with Gasteiger partial charge in [-0.15, -0.1) is 10.2 Å². The third kappa shape index (κ3) is 3.84. The minimum atomic E-state index is -0.187. The Labute approximate surface area is 140 Å². The number of hydrogen-bond donors (Lipinski definition) is 1. The Morgan fingerprint density at radius 2 is 1.67 bits per heavy atom. The van der Waals surface area contributed by atoms with Gasteiger partial charge in [-0.1, -0.05) is 35.9 Å². The molecular formula is C18H19N5O. The average molecular weight is 321 g/mol. The SMILES string of the molecule is Cc1ccc(-c2nnn(CC(=O)Nc3cc(C)cc(C)c3)n2)cc1. The van der Waals surface area contributed by atoms with Crippen LogP contribution in [0.2, 0.25) is 0 Å². The van der Waals surface area contributed by atoms with Crippen LogP contribution in [-0.4, -0.2) is 26.1 Å². The second-order valence-electron chi connectivity index (χ2n) is 5.93. The molecule has 1 N–H and O–H groups in total. The molecule has 6 heteroatoms. The number of amides is 1. The molecule has 24 heavy (non-hydrogen) atoms. The van der Waals surface area contributed by atoms with E-state index in [1.165, 1.54) is 10.4 Å². The van der Waals surface area contributed by atoms with E-state index in [1.54, 1.807) is 0 Å². The van der Waals surface area contributed by atoms with Crippen molar-refractivity contribution in [3.8, 4) is 11.4 Å². The molecule has 122 valence electrons. The monoisotopic (exact) mass is 321 g/mol. The maximum absolute atomic E-state index is 12.2. The van der Waals surface area contributed by atoms with Crippen LogP contribution >= 0.6 is 0 Å². The molecule has 2 aromatic carbocycles.